The van der Waals surface area contributed by atoms with Crippen molar-refractivity contribution in [1.29, 1.82) is 0 Å². The van der Waals surface area contributed by atoms with Crippen molar-refractivity contribution < 1.29 is 14.6 Å². The molecule has 2 N–H and O–H groups in total. The Morgan fingerprint density at radius 1 is 1.20 bits per heavy atom. The van der Waals surface area contributed by atoms with Crippen molar-refractivity contribution in [3.8, 4) is 5.75 Å². The number of para-hydroxylation sites is 1. The Bertz CT molecular complexity index is 732. The molecule has 5 nitrogen and oxygen atoms in total. The molecule has 0 spiro atoms. The van der Waals surface area contributed by atoms with Gasteiger partial charge in [0.2, 0.25) is 0 Å². The molecule has 0 aliphatic carbocycles. The summed E-state index contributed by atoms with van der Waals surface area (Å²) >= 11 is 0. The van der Waals surface area contributed by atoms with Gasteiger partial charge in [0.25, 0.3) is 5.91 Å². The fourth-order valence-electron chi connectivity index (χ4n) is 3.21. The number of aliphatic hydroxyl groups is 1. The molecule has 0 aromatic heterocycles. The van der Waals surface area contributed by atoms with Gasteiger partial charge >= 0.3 is 0 Å². The number of hydrogen-bond donors (Lipinski definition) is 2. The molecule has 0 radical (unpaired) electrons. The van der Waals surface area contributed by atoms with E-state index in [1.54, 1.807) is 18.2 Å². The first kappa shape index (κ1) is 17.5. The molecular formula is C20H24N2O3. The molecule has 2 aromatic rings. The number of hydrogen-bond acceptors (Lipinski definition) is 4. The highest BCUT2D eigenvalue weighted by Gasteiger charge is 2.19. The van der Waals surface area contributed by atoms with Gasteiger partial charge in [0.15, 0.2) is 0 Å². The van der Waals surface area contributed by atoms with Crippen LogP contribution in [0.5, 0.6) is 5.75 Å². The number of aliphatic hydroxyl groups excluding tert-OH is 1. The van der Waals surface area contributed by atoms with Crippen LogP contribution < -0.4 is 10.1 Å². The van der Waals surface area contributed by atoms with E-state index in [9.17, 15) is 9.90 Å². The Kier molecular flexibility index (Phi) is 5.68. The minimum absolute atomic E-state index is 0.217. The van der Waals surface area contributed by atoms with Gasteiger partial charge in [-0.2, -0.15) is 0 Å². The SMILES string of the molecule is COc1ccccc1C(=O)NCC(O)CN1CCc2ccccc2C1. The van der Waals surface area contributed by atoms with Crippen molar-refractivity contribution in [3.05, 3.63) is 65.2 Å². The van der Waals surface area contributed by atoms with Crippen LogP contribution in [0.15, 0.2) is 48.5 Å². The number of fused-ring (bicyclic) bond motifs is 1. The highest BCUT2D eigenvalue weighted by molar-refractivity contribution is 5.96. The molecule has 3 rings (SSSR count). The molecule has 1 atom stereocenters. The molecule has 2 aromatic carbocycles. The fraction of sp³-hybridized carbons (Fsp3) is 0.350. The standard InChI is InChI=1S/C20H24N2O3/c1-25-19-9-5-4-8-18(19)20(24)21-12-17(23)14-22-11-10-15-6-2-3-7-16(15)13-22/h2-9,17,23H,10-14H2,1H3,(H,21,24). The van der Waals surface area contributed by atoms with Crippen LogP contribution in [0, 0.1) is 0 Å². The zero-order chi connectivity index (χ0) is 17.6. The summed E-state index contributed by atoms with van der Waals surface area (Å²) in [5.41, 5.74) is 3.18. The van der Waals surface area contributed by atoms with Gasteiger partial charge in [-0.3, -0.25) is 9.69 Å². The van der Waals surface area contributed by atoms with Crippen molar-refractivity contribution in [1.82, 2.24) is 10.2 Å². The summed E-state index contributed by atoms with van der Waals surface area (Å²) < 4.78 is 5.20. The Hall–Kier alpha value is -2.37. The first-order valence-corrected chi connectivity index (χ1v) is 8.56. The number of rotatable bonds is 6. The largest absolute Gasteiger partial charge is 0.496 e. The van der Waals surface area contributed by atoms with E-state index in [0.29, 0.717) is 17.9 Å². The van der Waals surface area contributed by atoms with Crippen LogP contribution in [-0.4, -0.2) is 48.8 Å². The van der Waals surface area contributed by atoms with Gasteiger partial charge < -0.3 is 15.2 Å². The summed E-state index contributed by atoms with van der Waals surface area (Å²) in [6.45, 7) is 2.53. The lowest BCUT2D eigenvalue weighted by molar-refractivity contribution is 0.0839. The summed E-state index contributed by atoms with van der Waals surface area (Å²) in [7, 11) is 1.54. The van der Waals surface area contributed by atoms with Crippen LogP contribution >= 0.6 is 0 Å². The summed E-state index contributed by atoms with van der Waals surface area (Å²) in [6.07, 6.45) is 0.389. The number of carbonyl (C=O) groups excluding carboxylic acids is 1. The van der Waals surface area contributed by atoms with E-state index in [1.165, 1.54) is 18.2 Å². The van der Waals surface area contributed by atoms with Gasteiger partial charge in [0, 0.05) is 26.2 Å². The number of methoxy groups -OCH3 is 1. The third-order valence-electron chi connectivity index (χ3n) is 4.53. The number of ether oxygens (including phenoxy) is 1. The van der Waals surface area contributed by atoms with E-state index in [2.05, 4.69) is 28.4 Å². The van der Waals surface area contributed by atoms with Gasteiger partial charge in [-0.25, -0.2) is 0 Å². The van der Waals surface area contributed by atoms with E-state index in [1.807, 2.05) is 12.1 Å². The average Bonchev–Trinajstić information content (AvgIpc) is 2.66. The maximum atomic E-state index is 12.3. The van der Waals surface area contributed by atoms with E-state index in [4.69, 9.17) is 4.74 Å². The maximum absolute atomic E-state index is 12.3. The smallest absolute Gasteiger partial charge is 0.255 e. The maximum Gasteiger partial charge on any atom is 0.255 e. The van der Waals surface area contributed by atoms with Gasteiger partial charge in [-0.05, 0) is 29.7 Å². The van der Waals surface area contributed by atoms with Crippen molar-refractivity contribution in [2.75, 3.05) is 26.7 Å². The third kappa shape index (κ3) is 4.38. The topological polar surface area (TPSA) is 61.8 Å². The van der Waals surface area contributed by atoms with Gasteiger partial charge in [0.1, 0.15) is 5.75 Å². The van der Waals surface area contributed by atoms with E-state index < -0.39 is 6.10 Å². The Balaban J connectivity index is 1.50. The third-order valence-corrected chi connectivity index (χ3v) is 4.53. The molecule has 132 valence electrons. The lowest BCUT2D eigenvalue weighted by Gasteiger charge is -2.30. The summed E-state index contributed by atoms with van der Waals surface area (Å²) in [5, 5.41) is 13.1. The average molecular weight is 340 g/mol. The van der Waals surface area contributed by atoms with Crippen molar-refractivity contribution in [2.24, 2.45) is 0 Å². The molecule has 1 aliphatic heterocycles. The van der Waals surface area contributed by atoms with Crippen LogP contribution in [0.1, 0.15) is 21.5 Å². The van der Waals surface area contributed by atoms with Crippen LogP contribution in [0.4, 0.5) is 0 Å². The molecule has 1 aliphatic rings. The quantitative estimate of drug-likeness (QED) is 0.842. The first-order valence-electron chi connectivity index (χ1n) is 8.56. The molecule has 1 heterocycles. The highest BCUT2D eigenvalue weighted by Crippen LogP contribution is 2.19. The predicted octanol–water partition coefficient (Wildman–Crippen LogP) is 1.84. The second-order valence-electron chi connectivity index (χ2n) is 6.32. The van der Waals surface area contributed by atoms with E-state index in [-0.39, 0.29) is 12.5 Å². The first-order chi connectivity index (χ1) is 12.2. The molecular weight excluding hydrogens is 316 g/mol. The van der Waals surface area contributed by atoms with Gasteiger partial charge in [-0.1, -0.05) is 36.4 Å². The molecule has 5 heteroatoms. The van der Waals surface area contributed by atoms with Crippen LogP contribution in [0.3, 0.4) is 0 Å². The van der Waals surface area contributed by atoms with Crippen molar-refractivity contribution in [2.45, 2.75) is 19.1 Å². The minimum Gasteiger partial charge on any atom is -0.496 e. The molecule has 0 saturated heterocycles. The zero-order valence-corrected chi connectivity index (χ0v) is 14.4. The number of β-amino-alcohol motifs (C(OH)–C–C–N with tert-alkyl or cyclic N) is 1. The van der Waals surface area contributed by atoms with Crippen molar-refractivity contribution >= 4 is 5.91 Å². The highest BCUT2D eigenvalue weighted by atomic mass is 16.5. The minimum atomic E-state index is -0.607. The number of nitrogens with zero attached hydrogens (tertiary/aromatic N) is 1. The molecule has 0 saturated carbocycles. The Labute approximate surface area is 148 Å². The number of benzene rings is 2. The number of carbonyl (C=O) groups is 1. The lowest BCUT2D eigenvalue weighted by atomic mass is 10.00. The Morgan fingerprint density at radius 3 is 2.72 bits per heavy atom. The summed E-state index contributed by atoms with van der Waals surface area (Å²) in [5.74, 6) is 0.294. The van der Waals surface area contributed by atoms with Crippen LogP contribution in [0.2, 0.25) is 0 Å². The normalized spacial score (nSPS) is 15.3. The van der Waals surface area contributed by atoms with Gasteiger partial charge in [0.05, 0.1) is 18.8 Å². The molecule has 0 bridgehead atoms. The number of amides is 1. The lowest BCUT2D eigenvalue weighted by Crippen LogP contribution is -2.42. The van der Waals surface area contributed by atoms with Crippen molar-refractivity contribution in [3.63, 3.8) is 0 Å². The van der Waals surface area contributed by atoms with Crippen LogP contribution in [-0.2, 0) is 13.0 Å². The van der Waals surface area contributed by atoms with Gasteiger partial charge in [-0.15, -0.1) is 0 Å². The fourth-order valence-corrected chi connectivity index (χ4v) is 3.21. The monoisotopic (exact) mass is 340 g/mol. The van der Waals surface area contributed by atoms with Crippen LogP contribution in [0.25, 0.3) is 0 Å². The van der Waals surface area contributed by atoms with E-state index in [0.717, 1.165) is 19.5 Å². The Morgan fingerprint density at radius 2 is 1.92 bits per heavy atom. The molecule has 1 unspecified atom stereocenters. The second kappa shape index (κ2) is 8.14. The molecule has 1 amide bonds. The summed E-state index contributed by atoms with van der Waals surface area (Å²) in [6, 6.07) is 15.5. The molecule has 25 heavy (non-hydrogen) atoms. The molecule has 0 fully saturated rings. The zero-order valence-electron chi connectivity index (χ0n) is 14.4. The number of nitrogens with one attached hydrogen (secondary N) is 1. The predicted molar refractivity (Wildman–Crippen MR) is 96.8 cm³/mol. The van der Waals surface area contributed by atoms with E-state index >= 15 is 0 Å². The summed E-state index contributed by atoms with van der Waals surface area (Å²) in [4.78, 5) is 14.5. The second-order valence-corrected chi connectivity index (χ2v) is 6.32.